The average molecular weight is 248 g/mol. The molecule has 1 aromatic heterocycles. The molecule has 2 aliphatic rings. The molecule has 1 aliphatic carbocycles. The maximum Gasteiger partial charge on any atom is 0.203 e. The first-order chi connectivity index (χ1) is 8.84. The molecule has 0 amide bonds. The van der Waals surface area contributed by atoms with Gasteiger partial charge in [0.25, 0.3) is 0 Å². The van der Waals surface area contributed by atoms with Gasteiger partial charge in [0, 0.05) is 37.8 Å². The normalized spacial score (nSPS) is 22.4. The van der Waals surface area contributed by atoms with Crippen LogP contribution in [0.3, 0.4) is 0 Å². The summed E-state index contributed by atoms with van der Waals surface area (Å²) in [6.45, 7) is 6.45. The number of aromatic nitrogens is 2. The van der Waals surface area contributed by atoms with Gasteiger partial charge in [0.05, 0.1) is 5.69 Å². The molecule has 2 fully saturated rings. The Kier molecular flexibility index (Phi) is 3.55. The Morgan fingerprint density at radius 2 is 1.83 bits per heavy atom. The van der Waals surface area contributed by atoms with Gasteiger partial charge < -0.3 is 15.2 Å². The summed E-state index contributed by atoms with van der Waals surface area (Å²) in [7, 11) is 0. The predicted octanol–water partition coefficient (Wildman–Crippen LogP) is 2.18. The van der Waals surface area contributed by atoms with Gasteiger partial charge in [0.2, 0.25) is 5.95 Å². The van der Waals surface area contributed by atoms with Crippen molar-refractivity contribution in [1.82, 2.24) is 15.3 Å². The van der Waals surface area contributed by atoms with Crippen LogP contribution >= 0.6 is 0 Å². The Labute approximate surface area is 109 Å². The monoisotopic (exact) mass is 248 g/mol. The molecule has 1 saturated carbocycles. The molecule has 0 radical (unpaired) electrons. The van der Waals surface area contributed by atoms with Crippen LogP contribution in [0, 0.1) is 6.92 Å². The zero-order valence-corrected chi connectivity index (χ0v) is 11.3. The van der Waals surface area contributed by atoms with E-state index < -0.39 is 0 Å². The molecule has 0 aromatic carbocycles. The molecule has 0 bridgehead atoms. The van der Waals surface area contributed by atoms with Gasteiger partial charge in [-0.05, 0) is 19.8 Å². The second-order valence-electron chi connectivity index (χ2n) is 5.64. The first-order valence-electron chi connectivity index (χ1n) is 7.37. The van der Waals surface area contributed by atoms with Crippen molar-refractivity contribution >= 4 is 5.95 Å². The van der Waals surface area contributed by atoms with Gasteiger partial charge in [-0.1, -0.05) is 19.3 Å². The van der Waals surface area contributed by atoms with Crippen molar-refractivity contribution in [1.29, 1.82) is 0 Å². The van der Waals surface area contributed by atoms with E-state index in [0.717, 1.165) is 32.1 Å². The summed E-state index contributed by atoms with van der Waals surface area (Å²) in [4.78, 5) is 10.8. The largest absolute Gasteiger partial charge is 0.340 e. The van der Waals surface area contributed by atoms with Gasteiger partial charge >= 0.3 is 0 Å². The summed E-state index contributed by atoms with van der Waals surface area (Å²) < 4.78 is 0. The van der Waals surface area contributed by atoms with Crippen LogP contribution in [0.5, 0.6) is 0 Å². The van der Waals surface area contributed by atoms with E-state index in [2.05, 4.69) is 22.1 Å². The molecule has 4 heteroatoms. The molecule has 100 valence electrons. The van der Waals surface area contributed by atoms with Crippen molar-refractivity contribution in [3.63, 3.8) is 0 Å². The van der Waals surface area contributed by atoms with E-state index in [1.807, 2.05) is 0 Å². The Balaban J connectivity index is 1.76. The molecule has 0 spiro atoms. The van der Waals surface area contributed by atoms with E-state index in [-0.39, 0.29) is 0 Å². The van der Waals surface area contributed by atoms with Gasteiger partial charge in [0.15, 0.2) is 0 Å². The zero-order chi connectivity index (χ0) is 12.4. The lowest BCUT2D eigenvalue weighted by molar-refractivity contribution is 0.436. The molecule has 2 N–H and O–H groups in total. The van der Waals surface area contributed by atoms with Crippen molar-refractivity contribution < 1.29 is 0 Å². The van der Waals surface area contributed by atoms with Crippen LogP contribution in [0.2, 0.25) is 0 Å². The van der Waals surface area contributed by atoms with E-state index in [1.54, 1.807) is 0 Å². The molecule has 1 aromatic rings. The smallest absolute Gasteiger partial charge is 0.203 e. The van der Waals surface area contributed by atoms with Crippen LogP contribution in [0.25, 0.3) is 0 Å². The van der Waals surface area contributed by atoms with E-state index in [4.69, 9.17) is 4.98 Å². The average Bonchev–Trinajstić information content (AvgIpc) is 2.83. The molecule has 4 nitrogen and oxygen atoms in total. The maximum atomic E-state index is 4.90. The molecule has 18 heavy (non-hydrogen) atoms. The minimum absolute atomic E-state index is 0.701. The highest BCUT2D eigenvalue weighted by atomic mass is 15.3. The summed E-state index contributed by atoms with van der Waals surface area (Å²) in [6.07, 6.45) is 6.81. The van der Waals surface area contributed by atoms with Gasteiger partial charge in [0.1, 0.15) is 0 Å². The maximum absolute atomic E-state index is 4.90. The van der Waals surface area contributed by atoms with E-state index >= 15 is 0 Å². The fourth-order valence-corrected chi connectivity index (χ4v) is 3.26. The quantitative estimate of drug-likeness (QED) is 0.843. The van der Waals surface area contributed by atoms with Crippen LogP contribution in [-0.4, -0.2) is 36.1 Å². The summed E-state index contributed by atoms with van der Waals surface area (Å²) in [5.74, 6) is 1.79. The number of hydrogen-bond donors (Lipinski definition) is 2. The Bertz CT molecular complexity index is 386. The first-order valence-corrected chi connectivity index (χ1v) is 7.37. The molecule has 1 aliphatic heterocycles. The standard InChI is InChI=1S/C14H24N4/c1-11-13(12-5-3-2-4-6-12)17-14(16-11)18-9-7-15-8-10-18/h12,15H,2-10H2,1H3,(H,16,17). The summed E-state index contributed by atoms with van der Waals surface area (Å²) in [5.41, 5.74) is 2.62. The van der Waals surface area contributed by atoms with Crippen LogP contribution in [0.15, 0.2) is 0 Å². The van der Waals surface area contributed by atoms with Crippen molar-refractivity contribution in [2.45, 2.75) is 44.9 Å². The Hall–Kier alpha value is -1.03. The van der Waals surface area contributed by atoms with Crippen molar-refractivity contribution in [3.8, 4) is 0 Å². The fourth-order valence-electron chi connectivity index (χ4n) is 3.26. The minimum Gasteiger partial charge on any atom is -0.340 e. The molecule has 3 rings (SSSR count). The summed E-state index contributed by atoms with van der Waals surface area (Å²) in [5, 5.41) is 3.39. The SMILES string of the molecule is Cc1[nH]c(N2CCNCC2)nc1C1CCCCC1. The number of nitrogens with one attached hydrogen (secondary N) is 2. The van der Waals surface area contributed by atoms with Gasteiger partial charge in [-0.15, -0.1) is 0 Å². The molecular formula is C14H24N4. The minimum atomic E-state index is 0.701. The van der Waals surface area contributed by atoms with Gasteiger partial charge in [-0.25, -0.2) is 4.98 Å². The number of nitrogens with zero attached hydrogens (tertiary/aromatic N) is 2. The number of aromatic amines is 1. The number of rotatable bonds is 2. The second kappa shape index (κ2) is 5.31. The number of H-pyrrole nitrogens is 1. The fraction of sp³-hybridized carbons (Fsp3) is 0.786. The predicted molar refractivity (Wildman–Crippen MR) is 74.2 cm³/mol. The third-order valence-electron chi connectivity index (χ3n) is 4.32. The highest BCUT2D eigenvalue weighted by Gasteiger charge is 2.22. The summed E-state index contributed by atoms with van der Waals surface area (Å²) >= 11 is 0. The summed E-state index contributed by atoms with van der Waals surface area (Å²) in [6, 6.07) is 0. The van der Waals surface area contributed by atoms with Crippen LogP contribution in [0.4, 0.5) is 5.95 Å². The Morgan fingerprint density at radius 1 is 1.11 bits per heavy atom. The van der Waals surface area contributed by atoms with E-state index in [0.29, 0.717) is 5.92 Å². The van der Waals surface area contributed by atoms with Gasteiger partial charge in [-0.3, -0.25) is 0 Å². The Morgan fingerprint density at radius 3 is 2.56 bits per heavy atom. The van der Waals surface area contributed by atoms with E-state index in [1.165, 1.54) is 43.5 Å². The van der Waals surface area contributed by atoms with Crippen molar-refractivity contribution in [3.05, 3.63) is 11.4 Å². The first kappa shape index (κ1) is 12.0. The number of anilines is 1. The molecule has 0 atom stereocenters. The lowest BCUT2D eigenvalue weighted by Gasteiger charge is -2.27. The number of aryl methyl sites for hydroxylation is 1. The molecular weight excluding hydrogens is 224 g/mol. The van der Waals surface area contributed by atoms with Crippen LogP contribution in [-0.2, 0) is 0 Å². The van der Waals surface area contributed by atoms with E-state index in [9.17, 15) is 0 Å². The molecule has 0 unspecified atom stereocenters. The third-order valence-corrected chi connectivity index (χ3v) is 4.32. The number of piperazine rings is 1. The van der Waals surface area contributed by atoms with Crippen LogP contribution in [0.1, 0.15) is 49.4 Å². The third kappa shape index (κ3) is 2.39. The molecule has 2 heterocycles. The number of imidazole rings is 1. The lowest BCUT2D eigenvalue weighted by atomic mass is 9.86. The molecule has 1 saturated heterocycles. The second-order valence-corrected chi connectivity index (χ2v) is 5.64. The van der Waals surface area contributed by atoms with Crippen LogP contribution < -0.4 is 10.2 Å². The zero-order valence-electron chi connectivity index (χ0n) is 11.3. The van der Waals surface area contributed by atoms with Crippen molar-refractivity contribution in [2.24, 2.45) is 0 Å². The van der Waals surface area contributed by atoms with Crippen molar-refractivity contribution in [2.75, 3.05) is 31.1 Å². The highest BCUT2D eigenvalue weighted by Crippen LogP contribution is 2.34. The number of hydrogen-bond acceptors (Lipinski definition) is 3. The lowest BCUT2D eigenvalue weighted by Crippen LogP contribution is -2.44. The topological polar surface area (TPSA) is 44.0 Å². The van der Waals surface area contributed by atoms with Gasteiger partial charge in [-0.2, -0.15) is 0 Å². The highest BCUT2D eigenvalue weighted by molar-refractivity contribution is 5.36.